The maximum atomic E-state index is 9.46. The van der Waals surface area contributed by atoms with E-state index in [2.05, 4.69) is 22.4 Å². The van der Waals surface area contributed by atoms with Gasteiger partial charge in [-0.3, -0.25) is 5.43 Å². The van der Waals surface area contributed by atoms with Crippen molar-refractivity contribution in [1.29, 1.82) is 0 Å². The van der Waals surface area contributed by atoms with Crippen molar-refractivity contribution in [2.45, 2.75) is 0 Å². The van der Waals surface area contributed by atoms with Gasteiger partial charge < -0.3 is 15.5 Å². The second kappa shape index (κ2) is 6.49. The first-order valence-electron chi connectivity index (χ1n) is 4.83. The van der Waals surface area contributed by atoms with E-state index in [9.17, 15) is 5.11 Å². The second-order valence-electron chi connectivity index (χ2n) is 3.11. The topological polar surface area (TPSA) is 76.9 Å². The Labute approximate surface area is 104 Å². The molecule has 0 aromatic heterocycles. The summed E-state index contributed by atoms with van der Waals surface area (Å²) in [6.45, 7) is 4.08. The Bertz CT molecular complexity index is 446. The van der Waals surface area contributed by atoms with Gasteiger partial charge in [0.05, 0.1) is 6.21 Å². The summed E-state index contributed by atoms with van der Waals surface area (Å²) in [5.41, 5.74) is 3.05. The van der Waals surface area contributed by atoms with Crippen molar-refractivity contribution >= 4 is 23.5 Å². The van der Waals surface area contributed by atoms with Crippen molar-refractivity contribution in [1.82, 2.24) is 10.7 Å². The summed E-state index contributed by atoms with van der Waals surface area (Å²) in [5.74, 6) is -0.0590. The van der Waals surface area contributed by atoms with Gasteiger partial charge in [0.15, 0.2) is 5.11 Å². The summed E-state index contributed by atoms with van der Waals surface area (Å²) in [7, 11) is 0. The standard InChI is InChI=1S/C11H13N3O2S/c1-2-5-12-11(17)14-13-7-8-3-4-9(15)6-10(8)16/h2-4,6-7,15-16H,1,5H2,(H2,12,14,17). The maximum Gasteiger partial charge on any atom is 0.187 e. The number of aromatic hydroxyl groups is 2. The Kier molecular flexibility index (Phi) is 4.96. The summed E-state index contributed by atoms with van der Waals surface area (Å²) in [4.78, 5) is 0. The summed E-state index contributed by atoms with van der Waals surface area (Å²) in [6.07, 6.45) is 3.07. The third-order valence-corrected chi connectivity index (χ3v) is 2.03. The molecule has 4 N–H and O–H groups in total. The fourth-order valence-corrected chi connectivity index (χ4v) is 1.14. The van der Waals surface area contributed by atoms with Crippen LogP contribution >= 0.6 is 12.2 Å². The van der Waals surface area contributed by atoms with Gasteiger partial charge in [0.25, 0.3) is 0 Å². The highest BCUT2D eigenvalue weighted by Crippen LogP contribution is 2.20. The molecule has 90 valence electrons. The first kappa shape index (κ1) is 13.0. The zero-order valence-corrected chi connectivity index (χ0v) is 9.87. The molecule has 0 aliphatic heterocycles. The SMILES string of the molecule is C=CCNC(=S)NN=Cc1ccc(O)cc1O. The third kappa shape index (κ3) is 4.52. The van der Waals surface area contributed by atoms with Crippen LogP contribution in [0.1, 0.15) is 5.56 Å². The Morgan fingerprint density at radius 2 is 2.24 bits per heavy atom. The van der Waals surface area contributed by atoms with Crippen LogP contribution in [-0.4, -0.2) is 28.1 Å². The van der Waals surface area contributed by atoms with Crippen LogP contribution in [0.4, 0.5) is 0 Å². The van der Waals surface area contributed by atoms with Crippen LogP contribution in [0.2, 0.25) is 0 Å². The van der Waals surface area contributed by atoms with E-state index in [4.69, 9.17) is 17.3 Å². The molecule has 0 fully saturated rings. The van der Waals surface area contributed by atoms with Crippen molar-refractivity contribution in [2.75, 3.05) is 6.54 Å². The van der Waals surface area contributed by atoms with Gasteiger partial charge in [0, 0.05) is 18.2 Å². The van der Waals surface area contributed by atoms with E-state index >= 15 is 0 Å². The maximum absolute atomic E-state index is 9.46. The van der Waals surface area contributed by atoms with Gasteiger partial charge >= 0.3 is 0 Å². The van der Waals surface area contributed by atoms with Crippen LogP contribution in [0.25, 0.3) is 0 Å². The molecule has 1 aromatic rings. The van der Waals surface area contributed by atoms with Crippen molar-refractivity contribution in [3.8, 4) is 11.5 Å². The normalized spacial score (nSPS) is 10.1. The molecule has 0 aliphatic rings. The summed E-state index contributed by atoms with van der Waals surface area (Å²) in [5, 5.41) is 25.6. The lowest BCUT2D eigenvalue weighted by Crippen LogP contribution is -2.31. The van der Waals surface area contributed by atoms with Crippen LogP contribution in [0.5, 0.6) is 11.5 Å². The van der Waals surface area contributed by atoms with Crippen LogP contribution in [0.15, 0.2) is 36.0 Å². The second-order valence-corrected chi connectivity index (χ2v) is 3.52. The van der Waals surface area contributed by atoms with Crippen molar-refractivity contribution < 1.29 is 10.2 Å². The lowest BCUT2D eigenvalue weighted by atomic mass is 10.2. The third-order valence-electron chi connectivity index (χ3n) is 1.79. The number of hydrogen-bond acceptors (Lipinski definition) is 4. The fraction of sp³-hybridized carbons (Fsp3) is 0.0909. The van der Waals surface area contributed by atoms with Gasteiger partial charge in [0.2, 0.25) is 0 Å². The first-order valence-corrected chi connectivity index (χ1v) is 5.24. The minimum absolute atomic E-state index is 0.00391. The molecule has 17 heavy (non-hydrogen) atoms. The molecule has 5 nitrogen and oxygen atoms in total. The average Bonchev–Trinajstić information content (AvgIpc) is 2.29. The Hall–Kier alpha value is -2.08. The molecule has 6 heteroatoms. The minimum atomic E-state index is -0.0551. The van der Waals surface area contributed by atoms with E-state index in [0.29, 0.717) is 17.2 Å². The van der Waals surface area contributed by atoms with Crippen LogP contribution in [-0.2, 0) is 0 Å². The van der Waals surface area contributed by atoms with Crippen LogP contribution in [0, 0.1) is 0 Å². The summed E-state index contributed by atoms with van der Waals surface area (Å²) >= 11 is 4.90. The number of nitrogens with zero attached hydrogens (tertiary/aromatic N) is 1. The molecule has 0 radical (unpaired) electrons. The van der Waals surface area contributed by atoms with E-state index in [1.165, 1.54) is 24.4 Å². The molecule has 0 heterocycles. The van der Waals surface area contributed by atoms with Gasteiger partial charge in [-0.05, 0) is 24.4 Å². The number of hydrogen-bond donors (Lipinski definition) is 4. The molecule has 0 saturated heterocycles. The molecule has 1 rings (SSSR count). The first-order chi connectivity index (χ1) is 8.13. The van der Waals surface area contributed by atoms with E-state index in [0.717, 1.165) is 0 Å². The highest BCUT2D eigenvalue weighted by Gasteiger charge is 1.98. The highest BCUT2D eigenvalue weighted by molar-refractivity contribution is 7.80. The molecule has 0 amide bonds. The van der Waals surface area contributed by atoms with Gasteiger partial charge in [-0.2, -0.15) is 5.10 Å². The molecule has 0 aliphatic carbocycles. The Balaban J connectivity index is 2.53. The Morgan fingerprint density at radius 3 is 2.88 bits per heavy atom. The lowest BCUT2D eigenvalue weighted by Gasteiger charge is -2.03. The van der Waals surface area contributed by atoms with Gasteiger partial charge in [-0.25, -0.2) is 0 Å². The minimum Gasteiger partial charge on any atom is -0.508 e. The molecule has 0 spiro atoms. The van der Waals surface area contributed by atoms with E-state index in [-0.39, 0.29) is 11.5 Å². The molecule has 0 atom stereocenters. The van der Waals surface area contributed by atoms with Crippen LogP contribution in [0.3, 0.4) is 0 Å². The smallest absolute Gasteiger partial charge is 0.187 e. The quantitative estimate of drug-likeness (QED) is 0.279. The number of phenolic OH excluding ortho intramolecular Hbond substituents is 2. The van der Waals surface area contributed by atoms with Crippen LogP contribution < -0.4 is 10.7 Å². The van der Waals surface area contributed by atoms with E-state index in [1.807, 2.05) is 0 Å². The molecular weight excluding hydrogens is 238 g/mol. The van der Waals surface area contributed by atoms with Crippen molar-refractivity contribution in [3.63, 3.8) is 0 Å². The molecule has 1 aromatic carbocycles. The number of benzene rings is 1. The molecule has 0 unspecified atom stereocenters. The monoisotopic (exact) mass is 251 g/mol. The van der Waals surface area contributed by atoms with Gasteiger partial charge in [-0.1, -0.05) is 6.08 Å². The number of nitrogens with one attached hydrogen (secondary N) is 2. The van der Waals surface area contributed by atoms with E-state index < -0.39 is 0 Å². The summed E-state index contributed by atoms with van der Waals surface area (Å²) in [6, 6.07) is 4.22. The van der Waals surface area contributed by atoms with Crippen molar-refractivity contribution in [2.24, 2.45) is 5.10 Å². The number of hydrazone groups is 1. The fourth-order valence-electron chi connectivity index (χ4n) is 1.01. The predicted molar refractivity (Wildman–Crippen MR) is 71.3 cm³/mol. The van der Waals surface area contributed by atoms with Crippen molar-refractivity contribution in [3.05, 3.63) is 36.4 Å². The lowest BCUT2D eigenvalue weighted by molar-refractivity contribution is 0.450. The predicted octanol–water partition coefficient (Wildman–Crippen LogP) is 1.08. The van der Waals surface area contributed by atoms with Gasteiger partial charge in [-0.15, -0.1) is 6.58 Å². The highest BCUT2D eigenvalue weighted by atomic mass is 32.1. The molecular formula is C11H13N3O2S. The average molecular weight is 251 g/mol. The zero-order valence-electron chi connectivity index (χ0n) is 9.05. The van der Waals surface area contributed by atoms with E-state index in [1.54, 1.807) is 6.08 Å². The molecule has 0 bridgehead atoms. The zero-order chi connectivity index (χ0) is 12.7. The van der Waals surface area contributed by atoms with Gasteiger partial charge in [0.1, 0.15) is 11.5 Å². The summed E-state index contributed by atoms with van der Waals surface area (Å²) < 4.78 is 0. The number of rotatable bonds is 4. The number of thiocarbonyl (C=S) groups is 1. The Morgan fingerprint density at radius 1 is 1.47 bits per heavy atom. The largest absolute Gasteiger partial charge is 0.508 e. The number of phenols is 2. The molecule has 0 saturated carbocycles.